The molecule has 1 N–H and O–H groups in total. The summed E-state index contributed by atoms with van der Waals surface area (Å²) in [4.78, 5) is 0. The maximum absolute atomic E-state index is 10.7. The Morgan fingerprint density at radius 1 is 0.581 bits per heavy atom. The predicted molar refractivity (Wildman–Crippen MR) is 131 cm³/mol. The Morgan fingerprint density at radius 2 is 1.19 bits per heavy atom. The molecule has 0 aliphatic heterocycles. The average molecular weight is 429 g/mol. The normalized spacial score (nSPS) is 60.9. The lowest BCUT2D eigenvalue weighted by Crippen LogP contribution is -2.67. The van der Waals surface area contributed by atoms with Gasteiger partial charge in [0.1, 0.15) is 0 Å². The number of fused-ring (bicyclic) bond motifs is 7. The molecule has 5 fully saturated rings. The van der Waals surface area contributed by atoms with Gasteiger partial charge in [0.05, 0.1) is 6.10 Å². The summed E-state index contributed by atoms with van der Waals surface area (Å²) in [6.07, 6.45) is 15.1. The summed E-state index contributed by atoms with van der Waals surface area (Å²) in [6.45, 7) is 20.9. The van der Waals surface area contributed by atoms with E-state index in [9.17, 15) is 5.11 Å². The summed E-state index contributed by atoms with van der Waals surface area (Å²) in [7, 11) is 0. The van der Waals surface area contributed by atoms with Gasteiger partial charge in [-0.25, -0.2) is 0 Å². The van der Waals surface area contributed by atoms with Crippen molar-refractivity contribution in [2.45, 2.75) is 132 Å². The first-order valence-corrected chi connectivity index (χ1v) is 13.9. The Bertz CT molecular complexity index is 741. The zero-order valence-electron chi connectivity index (χ0n) is 22.1. The van der Waals surface area contributed by atoms with Crippen molar-refractivity contribution in [3.05, 3.63) is 0 Å². The molecule has 0 saturated heterocycles. The highest BCUT2D eigenvalue weighted by atomic mass is 16.3. The standard InChI is InChI=1S/C30H52O/c1-20-21(31)9-10-22-27(20,5)12-11-23-28(22,6)16-18-30(8)24-19-25(2,3)13-14-26(24,4)15-17-29(23,30)7/h20-24,31H,9-19H2,1-8H3/t20-,21+,22-,23+,24-,26-,27-,28+,29-,30+/m1/s1. The molecule has 178 valence electrons. The van der Waals surface area contributed by atoms with Gasteiger partial charge in [-0.1, -0.05) is 55.4 Å². The van der Waals surface area contributed by atoms with E-state index in [-0.39, 0.29) is 6.10 Å². The van der Waals surface area contributed by atoms with Crippen molar-refractivity contribution in [3.63, 3.8) is 0 Å². The number of hydrogen-bond acceptors (Lipinski definition) is 1. The van der Waals surface area contributed by atoms with E-state index in [0.29, 0.717) is 38.4 Å². The van der Waals surface area contributed by atoms with Gasteiger partial charge in [0, 0.05) is 0 Å². The van der Waals surface area contributed by atoms with Crippen molar-refractivity contribution in [3.8, 4) is 0 Å². The summed E-state index contributed by atoms with van der Waals surface area (Å²) in [5.74, 6) is 3.02. The van der Waals surface area contributed by atoms with E-state index < -0.39 is 0 Å². The molecule has 0 spiro atoms. The van der Waals surface area contributed by atoms with Crippen LogP contribution in [0.2, 0.25) is 0 Å². The lowest BCUT2D eigenvalue weighted by Gasteiger charge is -2.75. The molecule has 0 radical (unpaired) electrons. The molecule has 0 heterocycles. The van der Waals surface area contributed by atoms with Crippen LogP contribution >= 0.6 is 0 Å². The second kappa shape index (κ2) is 6.55. The van der Waals surface area contributed by atoms with Crippen LogP contribution in [0.5, 0.6) is 0 Å². The second-order valence-electron chi connectivity index (χ2n) is 15.5. The van der Waals surface area contributed by atoms with Crippen molar-refractivity contribution in [2.24, 2.45) is 56.2 Å². The number of aliphatic hydroxyl groups is 1. The Hall–Kier alpha value is -0.0400. The van der Waals surface area contributed by atoms with Gasteiger partial charge in [0.25, 0.3) is 0 Å². The average Bonchev–Trinajstić information content (AvgIpc) is 2.69. The molecule has 10 atom stereocenters. The molecule has 0 aromatic heterocycles. The van der Waals surface area contributed by atoms with E-state index in [1.165, 1.54) is 64.2 Å². The van der Waals surface area contributed by atoms with Crippen LogP contribution < -0.4 is 0 Å². The molecule has 31 heavy (non-hydrogen) atoms. The van der Waals surface area contributed by atoms with Gasteiger partial charge in [-0.15, -0.1) is 0 Å². The van der Waals surface area contributed by atoms with Crippen molar-refractivity contribution in [1.29, 1.82) is 0 Å². The topological polar surface area (TPSA) is 20.2 Å². The minimum atomic E-state index is -0.0781. The third-order valence-electron chi connectivity index (χ3n) is 13.9. The van der Waals surface area contributed by atoms with Gasteiger partial charge in [-0.2, -0.15) is 0 Å². The van der Waals surface area contributed by atoms with E-state index in [0.717, 1.165) is 24.2 Å². The van der Waals surface area contributed by atoms with Crippen molar-refractivity contribution in [2.75, 3.05) is 0 Å². The van der Waals surface area contributed by atoms with Gasteiger partial charge >= 0.3 is 0 Å². The largest absolute Gasteiger partial charge is 0.393 e. The molecular weight excluding hydrogens is 376 g/mol. The third kappa shape index (κ3) is 2.77. The molecule has 5 aliphatic rings. The number of hydrogen-bond donors (Lipinski definition) is 1. The van der Waals surface area contributed by atoms with Gasteiger partial charge < -0.3 is 5.11 Å². The number of rotatable bonds is 0. The first-order valence-electron chi connectivity index (χ1n) is 13.9. The SMILES string of the molecule is C[C@@H]1[C@@H](O)CC[C@@H]2[C@]1(C)CC[C@H]1[C@@]2(C)CC[C@@]2(C)[C@@H]3CC(C)(C)CC[C@]3(C)CC[C@]12C. The summed E-state index contributed by atoms with van der Waals surface area (Å²) in [5, 5.41) is 10.7. The zero-order chi connectivity index (χ0) is 22.7. The molecule has 5 aliphatic carbocycles. The summed E-state index contributed by atoms with van der Waals surface area (Å²) in [6, 6.07) is 0. The minimum absolute atomic E-state index is 0.0781. The lowest BCUT2D eigenvalue weighted by molar-refractivity contribution is -0.263. The van der Waals surface area contributed by atoms with Crippen molar-refractivity contribution < 1.29 is 5.11 Å². The Labute approximate surface area is 193 Å². The fourth-order valence-corrected chi connectivity index (χ4v) is 11.4. The molecule has 1 heteroatoms. The fourth-order valence-electron chi connectivity index (χ4n) is 11.4. The van der Waals surface area contributed by atoms with E-state index in [1.54, 1.807) is 0 Å². The quantitative estimate of drug-likeness (QED) is 0.412. The van der Waals surface area contributed by atoms with Crippen LogP contribution in [0, 0.1) is 56.2 Å². The molecule has 0 amide bonds. The van der Waals surface area contributed by atoms with Crippen LogP contribution in [-0.2, 0) is 0 Å². The molecule has 5 rings (SSSR count). The zero-order valence-corrected chi connectivity index (χ0v) is 22.1. The van der Waals surface area contributed by atoms with Crippen LogP contribution in [0.1, 0.15) is 126 Å². The van der Waals surface area contributed by atoms with E-state index in [4.69, 9.17) is 0 Å². The first kappa shape index (κ1) is 22.7. The van der Waals surface area contributed by atoms with E-state index >= 15 is 0 Å². The molecule has 5 saturated carbocycles. The monoisotopic (exact) mass is 428 g/mol. The van der Waals surface area contributed by atoms with Crippen LogP contribution in [0.4, 0.5) is 0 Å². The molecule has 1 nitrogen and oxygen atoms in total. The van der Waals surface area contributed by atoms with Crippen LogP contribution in [0.15, 0.2) is 0 Å². The van der Waals surface area contributed by atoms with E-state index in [2.05, 4.69) is 55.4 Å². The van der Waals surface area contributed by atoms with Crippen molar-refractivity contribution in [1.82, 2.24) is 0 Å². The maximum atomic E-state index is 10.7. The highest BCUT2D eigenvalue weighted by Crippen LogP contribution is 2.78. The molecule has 0 bridgehead atoms. The van der Waals surface area contributed by atoms with E-state index in [1.807, 2.05) is 0 Å². The summed E-state index contributed by atoms with van der Waals surface area (Å²) < 4.78 is 0. The van der Waals surface area contributed by atoms with Crippen LogP contribution in [-0.4, -0.2) is 11.2 Å². The predicted octanol–water partition coefficient (Wildman–Crippen LogP) is 8.25. The van der Waals surface area contributed by atoms with Crippen LogP contribution in [0.3, 0.4) is 0 Å². The highest BCUT2D eigenvalue weighted by molar-refractivity contribution is 5.19. The van der Waals surface area contributed by atoms with Crippen molar-refractivity contribution >= 4 is 0 Å². The summed E-state index contributed by atoms with van der Waals surface area (Å²) >= 11 is 0. The number of aliphatic hydroxyl groups excluding tert-OH is 1. The molecule has 0 unspecified atom stereocenters. The third-order valence-corrected chi connectivity index (χ3v) is 13.9. The van der Waals surface area contributed by atoms with Gasteiger partial charge in [-0.05, 0) is 127 Å². The molecular formula is C30H52O. The van der Waals surface area contributed by atoms with Gasteiger partial charge in [0.15, 0.2) is 0 Å². The molecule has 0 aromatic rings. The smallest absolute Gasteiger partial charge is 0.0571 e. The van der Waals surface area contributed by atoms with Gasteiger partial charge in [-0.3, -0.25) is 0 Å². The Balaban J connectivity index is 1.54. The molecule has 0 aromatic carbocycles. The Morgan fingerprint density at radius 3 is 1.90 bits per heavy atom. The summed E-state index contributed by atoms with van der Waals surface area (Å²) in [5.41, 5.74) is 2.88. The lowest BCUT2D eigenvalue weighted by atomic mass is 9.30. The maximum Gasteiger partial charge on any atom is 0.0571 e. The van der Waals surface area contributed by atoms with Gasteiger partial charge in [0.2, 0.25) is 0 Å². The second-order valence-corrected chi connectivity index (χ2v) is 15.5. The highest BCUT2D eigenvalue weighted by Gasteiger charge is 2.70. The fraction of sp³-hybridized carbons (Fsp3) is 1.00. The minimum Gasteiger partial charge on any atom is -0.393 e. The van der Waals surface area contributed by atoms with Crippen LogP contribution in [0.25, 0.3) is 0 Å². The Kier molecular flexibility index (Phi) is 4.80. The first-order chi connectivity index (χ1) is 14.2.